The van der Waals surface area contributed by atoms with Crippen LogP contribution in [-0.2, 0) is 25.0 Å². The first-order chi connectivity index (χ1) is 15.0. The molecule has 3 atom stereocenters. The number of ketones is 2. The highest BCUT2D eigenvalue weighted by atomic mass is 32.2. The Hall–Kier alpha value is -2.51. The van der Waals surface area contributed by atoms with E-state index in [1.807, 2.05) is 45.9 Å². The summed E-state index contributed by atoms with van der Waals surface area (Å²) >= 11 is 0. The highest BCUT2D eigenvalue weighted by Crippen LogP contribution is 2.54. The van der Waals surface area contributed by atoms with E-state index in [1.165, 1.54) is 11.2 Å². The minimum Gasteiger partial charge on any atom is -0.367 e. The highest BCUT2D eigenvalue weighted by molar-refractivity contribution is 7.89. The topological polar surface area (TPSA) is 83.6 Å². The number of hydrogen-bond donors (Lipinski definition) is 1. The summed E-state index contributed by atoms with van der Waals surface area (Å²) in [6.07, 6.45) is -0.289. The lowest BCUT2D eigenvalue weighted by Gasteiger charge is -2.32. The summed E-state index contributed by atoms with van der Waals surface area (Å²) in [5.41, 5.74) is 2.39. The second-order valence-electron chi connectivity index (χ2n) is 9.42. The van der Waals surface area contributed by atoms with Gasteiger partial charge in [0, 0.05) is 12.1 Å². The Balaban J connectivity index is 1.94. The summed E-state index contributed by atoms with van der Waals surface area (Å²) in [4.78, 5) is 26.2. The van der Waals surface area contributed by atoms with Gasteiger partial charge in [-0.2, -0.15) is 4.31 Å². The van der Waals surface area contributed by atoms with E-state index in [-0.39, 0.29) is 35.2 Å². The predicted octanol–water partition coefficient (Wildman–Crippen LogP) is 3.96. The van der Waals surface area contributed by atoms with Crippen molar-refractivity contribution >= 4 is 27.3 Å². The van der Waals surface area contributed by atoms with Gasteiger partial charge in [0.15, 0.2) is 5.78 Å². The molecule has 32 heavy (non-hydrogen) atoms. The zero-order valence-corrected chi connectivity index (χ0v) is 20.0. The zero-order chi connectivity index (χ0) is 23.4. The summed E-state index contributed by atoms with van der Waals surface area (Å²) in [6, 6.07) is 11.6. The molecule has 170 valence electrons. The van der Waals surface area contributed by atoms with E-state index in [0.717, 1.165) is 22.4 Å². The lowest BCUT2D eigenvalue weighted by atomic mass is 9.72. The molecule has 4 rings (SSSR count). The second-order valence-corrected chi connectivity index (χ2v) is 11.3. The SMILES string of the molecule is CC(=O)CC[C@]12C(=O)[C@H](C(C)C)N(S(=O)(=O)c3ccc(C)cc3)[C@H]1Nc1c(C)cccc12. The first-order valence-electron chi connectivity index (χ1n) is 11.0. The quantitative estimate of drug-likeness (QED) is 0.714. The van der Waals surface area contributed by atoms with Crippen molar-refractivity contribution < 1.29 is 18.0 Å². The molecule has 2 aromatic rings. The normalized spacial score (nSPS) is 25.0. The molecule has 0 aliphatic carbocycles. The number of hydrogen-bond acceptors (Lipinski definition) is 5. The van der Waals surface area contributed by atoms with Crippen molar-refractivity contribution in [3.63, 3.8) is 0 Å². The minimum atomic E-state index is -3.98. The van der Waals surface area contributed by atoms with Crippen molar-refractivity contribution in [1.82, 2.24) is 4.31 Å². The van der Waals surface area contributed by atoms with Crippen LogP contribution < -0.4 is 5.32 Å². The van der Waals surface area contributed by atoms with Crippen LogP contribution in [0.4, 0.5) is 5.69 Å². The second kappa shape index (κ2) is 7.81. The standard InChI is InChI=1S/C25H30N2O4S/c1-15(2)22-23(29)25(14-13-18(5)28)20-8-6-7-17(4)21(20)26-24(25)27(22)32(30,31)19-11-9-16(3)10-12-19/h6-12,15,22,24,26H,13-14H2,1-5H3/t22-,24+,25-/m0/s1. The van der Waals surface area contributed by atoms with Gasteiger partial charge in [-0.15, -0.1) is 0 Å². The molecule has 0 unspecified atom stereocenters. The molecule has 1 fully saturated rings. The Morgan fingerprint density at radius 3 is 2.38 bits per heavy atom. The maximum Gasteiger partial charge on any atom is 0.245 e. The minimum absolute atomic E-state index is 0.0204. The monoisotopic (exact) mass is 454 g/mol. The fraction of sp³-hybridized carbons (Fsp3) is 0.440. The van der Waals surface area contributed by atoms with Crippen LogP contribution in [0.2, 0.25) is 0 Å². The first kappa shape index (κ1) is 22.7. The third-order valence-electron chi connectivity index (χ3n) is 6.84. The number of Topliss-reactive ketones (excluding diaryl/α,β-unsaturated/α-hetero) is 2. The third-order valence-corrected chi connectivity index (χ3v) is 8.70. The maximum atomic E-state index is 14.1. The number of fused-ring (bicyclic) bond motifs is 3. The zero-order valence-electron chi connectivity index (χ0n) is 19.2. The van der Waals surface area contributed by atoms with Crippen molar-refractivity contribution in [2.45, 2.75) is 70.0 Å². The van der Waals surface area contributed by atoms with Crippen LogP contribution in [0.1, 0.15) is 50.3 Å². The lowest BCUT2D eigenvalue weighted by molar-refractivity contribution is -0.125. The van der Waals surface area contributed by atoms with Crippen molar-refractivity contribution in [2.75, 3.05) is 5.32 Å². The molecule has 0 radical (unpaired) electrons. The van der Waals surface area contributed by atoms with Crippen LogP contribution in [0.25, 0.3) is 0 Å². The van der Waals surface area contributed by atoms with Gasteiger partial charge < -0.3 is 10.1 Å². The molecule has 0 saturated carbocycles. The van der Waals surface area contributed by atoms with Crippen molar-refractivity contribution in [3.8, 4) is 0 Å². The third kappa shape index (κ3) is 3.21. The Kier molecular flexibility index (Phi) is 5.54. The largest absolute Gasteiger partial charge is 0.367 e. The molecule has 1 N–H and O–H groups in total. The molecular formula is C25H30N2O4S. The number of aryl methyl sites for hydroxylation is 2. The number of carbonyl (C=O) groups is 2. The molecule has 2 aliphatic heterocycles. The fourth-order valence-electron chi connectivity index (χ4n) is 5.21. The molecule has 0 aromatic heterocycles. The van der Waals surface area contributed by atoms with Gasteiger partial charge in [0.2, 0.25) is 10.0 Å². The summed E-state index contributed by atoms with van der Waals surface area (Å²) in [5.74, 6) is -0.378. The van der Waals surface area contributed by atoms with E-state index < -0.39 is 27.6 Å². The number of benzene rings is 2. The number of anilines is 1. The molecule has 0 spiro atoms. The van der Waals surface area contributed by atoms with E-state index >= 15 is 0 Å². The molecule has 1 saturated heterocycles. The molecular weight excluding hydrogens is 424 g/mol. The van der Waals surface area contributed by atoms with Gasteiger partial charge in [-0.3, -0.25) is 4.79 Å². The van der Waals surface area contributed by atoms with Gasteiger partial charge in [0.05, 0.1) is 16.4 Å². The van der Waals surface area contributed by atoms with Crippen molar-refractivity contribution in [2.24, 2.45) is 5.92 Å². The number of nitrogens with zero attached hydrogens (tertiary/aromatic N) is 1. The number of rotatable bonds is 6. The molecule has 0 bridgehead atoms. The number of para-hydroxylation sites is 1. The van der Waals surface area contributed by atoms with E-state index in [0.29, 0.717) is 0 Å². The van der Waals surface area contributed by atoms with Crippen molar-refractivity contribution in [3.05, 3.63) is 59.2 Å². The van der Waals surface area contributed by atoms with E-state index in [2.05, 4.69) is 5.32 Å². The van der Waals surface area contributed by atoms with E-state index in [9.17, 15) is 18.0 Å². The van der Waals surface area contributed by atoms with Gasteiger partial charge in [-0.1, -0.05) is 49.7 Å². The molecule has 2 aliphatic rings. The summed E-state index contributed by atoms with van der Waals surface area (Å²) in [7, 11) is -3.98. The van der Waals surface area contributed by atoms with Crippen LogP contribution in [0.3, 0.4) is 0 Å². The summed E-state index contributed by atoms with van der Waals surface area (Å²) in [5, 5.41) is 3.40. The lowest BCUT2D eigenvalue weighted by Crippen LogP contribution is -2.49. The van der Waals surface area contributed by atoms with Gasteiger partial charge in [0.25, 0.3) is 0 Å². The van der Waals surface area contributed by atoms with Crippen LogP contribution >= 0.6 is 0 Å². The van der Waals surface area contributed by atoms with Crippen LogP contribution in [0.5, 0.6) is 0 Å². The van der Waals surface area contributed by atoms with Crippen LogP contribution in [-0.4, -0.2) is 36.5 Å². The Labute approximate surface area is 190 Å². The molecule has 2 heterocycles. The Morgan fingerprint density at radius 1 is 1.12 bits per heavy atom. The average Bonchev–Trinajstić information content (AvgIpc) is 3.18. The van der Waals surface area contributed by atoms with E-state index in [4.69, 9.17) is 0 Å². The molecule has 2 aromatic carbocycles. The smallest absolute Gasteiger partial charge is 0.245 e. The van der Waals surface area contributed by atoms with Crippen molar-refractivity contribution in [1.29, 1.82) is 0 Å². The Morgan fingerprint density at radius 2 is 1.78 bits per heavy atom. The summed E-state index contributed by atoms with van der Waals surface area (Å²) in [6.45, 7) is 9.09. The number of sulfonamides is 1. The summed E-state index contributed by atoms with van der Waals surface area (Å²) < 4.78 is 29.2. The van der Waals surface area contributed by atoms with E-state index in [1.54, 1.807) is 24.3 Å². The highest BCUT2D eigenvalue weighted by Gasteiger charge is 2.67. The molecule has 6 nitrogen and oxygen atoms in total. The number of nitrogens with one attached hydrogen (secondary N) is 1. The molecule has 7 heteroatoms. The van der Waals surface area contributed by atoms with Gasteiger partial charge in [0.1, 0.15) is 11.9 Å². The predicted molar refractivity (Wildman–Crippen MR) is 124 cm³/mol. The van der Waals surface area contributed by atoms with Gasteiger partial charge in [-0.25, -0.2) is 8.42 Å². The average molecular weight is 455 g/mol. The first-order valence-corrected chi connectivity index (χ1v) is 12.5. The number of carbonyl (C=O) groups excluding carboxylic acids is 2. The maximum absolute atomic E-state index is 14.1. The Bertz CT molecular complexity index is 1190. The molecule has 0 amide bonds. The van der Waals surface area contributed by atoms with Crippen LogP contribution in [0.15, 0.2) is 47.4 Å². The fourth-order valence-corrected chi connectivity index (χ4v) is 7.08. The van der Waals surface area contributed by atoms with Crippen LogP contribution in [0, 0.1) is 19.8 Å². The van der Waals surface area contributed by atoms with Gasteiger partial charge in [-0.05, 0) is 56.4 Å². The van der Waals surface area contributed by atoms with Gasteiger partial charge >= 0.3 is 0 Å².